The summed E-state index contributed by atoms with van der Waals surface area (Å²) in [6.07, 6.45) is 0.471. The zero-order valence-electron chi connectivity index (χ0n) is 11.5. The molecule has 0 bridgehead atoms. The van der Waals surface area contributed by atoms with Gasteiger partial charge in [-0.2, -0.15) is 0 Å². The van der Waals surface area contributed by atoms with Crippen LogP contribution in [0.15, 0.2) is 24.3 Å². The molecule has 108 valence electrons. The van der Waals surface area contributed by atoms with Crippen LogP contribution in [0.4, 0.5) is 0 Å². The number of morpholine rings is 1. The lowest BCUT2D eigenvalue weighted by molar-refractivity contribution is -0.151. The topological polar surface area (TPSA) is 66.8 Å². The summed E-state index contributed by atoms with van der Waals surface area (Å²) in [6, 6.07) is 7.74. The third kappa shape index (κ3) is 3.57. The van der Waals surface area contributed by atoms with Crippen LogP contribution in [0.5, 0.6) is 0 Å². The molecule has 0 saturated carbocycles. The number of carboxylic acid groups (broad SMARTS) is 1. The Hall–Kier alpha value is -1.88. The van der Waals surface area contributed by atoms with Crippen LogP contribution >= 0.6 is 0 Å². The number of aryl methyl sites for hydroxylation is 1. The van der Waals surface area contributed by atoms with Gasteiger partial charge in [0, 0.05) is 13.0 Å². The molecule has 1 heterocycles. The molecular formula is C15H19NO4. The van der Waals surface area contributed by atoms with E-state index in [2.05, 4.69) is 0 Å². The van der Waals surface area contributed by atoms with Gasteiger partial charge in [0.2, 0.25) is 5.91 Å². The van der Waals surface area contributed by atoms with Gasteiger partial charge >= 0.3 is 5.97 Å². The van der Waals surface area contributed by atoms with Crippen LogP contribution in [0.2, 0.25) is 0 Å². The molecule has 5 heteroatoms. The summed E-state index contributed by atoms with van der Waals surface area (Å²) in [5, 5.41) is 8.79. The minimum Gasteiger partial charge on any atom is -0.481 e. The van der Waals surface area contributed by atoms with Crippen LogP contribution in [0.25, 0.3) is 0 Å². The summed E-state index contributed by atoms with van der Waals surface area (Å²) in [6.45, 7) is 3.01. The van der Waals surface area contributed by atoms with Crippen molar-refractivity contribution in [2.24, 2.45) is 0 Å². The van der Waals surface area contributed by atoms with E-state index >= 15 is 0 Å². The quantitative estimate of drug-likeness (QED) is 0.887. The Bertz CT molecular complexity index is 500. The van der Waals surface area contributed by atoms with Gasteiger partial charge in [-0.25, -0.2) is 0 Å². The minimum absolute atomic E-state index is 0.0472. The van der Waals surface area contributed by atoms with Crippen molar-refractivity contribution in [3.05, 3.63) is 35.4 Å². The first kappa shape index (κ1) is 14.5. The van der Waals surface area contributed by atoms with E-state index in [9.17, 15) is 9.59 Å². The number of amides is 1. The zero-order valence-corrected chi connectivity index (χ0v) is 11.5. The lowest BCUT2D eigenvalue weighted by atomic mass is 10.0. The standard InChI is InChI=1S/C15H19NO4/c1-11-4-2-3-5-12(11)8-16-13(6-7-15(18)19)9-20-10-14(16)17/h2-5,13H,6-10H2,1H3,(H,18,19). The molecule has 1 unspecified atom stereocenters. The average Bonchev–Trinajstić information content (AvgIpc) is 2.41. The number of rotatable bonds is 5. The van der Waals surface area contributed by atoms with Gasteiger partial charge in [0.1, 0.15) is 6.61 Å². The third-order valence-corrected chi connectivity index (χ3v) is 3.59. The van der Waals surface area contributed by atoms with Crippen molar-refractivity contribution in [3.8, 4) is 0 Å². The molecule has 2 rings (SSSR count). The van der Waals surface area contributed by atoms with Crippen molar-refractivity contribution in [1.82, 2.24) is 4.90 Å². The molecule has 1 N–H and O–H groups in total. The Kier molecular flexibility index (Phi) is 4.74. The fourth-order valence-electron chi connectivity index (χ4n) is 2.38. The molecule has 1 aromatic rings. The van der Waals surface area contributed by atoms with Crippen LogP contribution in [-0.4, -0.2) is 41.1 Å². The van der Waals surface area contributed by atoms with Gasteiger partial charge in [0.15, 0.2) is 0 Å². The molecule has 5 nitrogen and oxygen atoms in total. The Labute approximate surface area is 118 Å². The molecule has 0 spiro atoms. The van der Waals surface area contributed by atoms with Gasteiger partial charge in [-0.3, -0.25) is 9.59 Å². The molecular weight excluding hydrogens is 258 g/mol. The highest BCUT2D eigenvalue weighted by Gasteiger charge is 2.29. The van der Waals surface area contributed by atoms with E-state index in [-0.39, 0.29) is 25.0 Å². The summed E-state index contributed by atoms with van der Waals surface area (Å²) in [7, 11) is 0. The Morgan fingerprint density at radius 1 is 1.45 bits per heavy atom. The fourth-order valence-corrected chi connectivity index (χ4v) is 2.38. The van der Waals surface area contributed by atoms with Crippen LogP contribution in [0.1, 0.15) is 24.0 Å². The second-order valence-electron chi connectivity index (χ2n) is 5.05. The van der Waals surface area contributed by atoms with Crippen LogP contribution in [0.3, 0.4) is 0 Å². The molecule has 1 atom stereocenters. The van der Waals surface area contributed by atoms with E-state index in [0.29, 0.717) is 19.6 Å². The lowest BCUT2D eigenvalue weighted by Crippen LogP contribution is -2.49. The second-order valence-corrected chi connectivity index (χ2v) is 5.05. The number of hydrogen-bond acceptors (Lipinski definition) is 3. The molecule has 1 saturated heterocycles. The minimum atomic E-state index is -0.848. The maximum Gasteiger partial charge on any atom is 0.303 e. The average molecular weight is 277 g/mol. The van der Waals surface area contributed by atoms with E-state index in [1.165, 1.54) is 0 Å². The van der Waals surface area contributed by atoms with Gasteiger partial charge in [-0.1, -0.05) is 24.3 Å². The van der Waals surface area contributed by atoms with Crippen molar-refractivity contribution in [2.75, 3.05) is 13.2 Å². The smallest absolute Gasteiger partial charge is 0.303 e. The van der Waals surface area contributed by atoms with E-state index < -0.39 is 5.97 Å². The molecule has 0 aliphatic carbocycles. The van der Waals surface area contributed by atoms with E-state index in [1.54, 1.807) is 4.90 Å². The van der Waals surface area contributed by atoms with Crippen molar-refractivity contribution in [1.29, 1.82) is 0 Å². The Balaban J connectivity index is 2.09. The third-order valence-electron chi connectivity index (χ3n) is 3.59. The first-order chi connectivity index (χ1) is 9.58. The number of benzene rings is 1. The highest BCUT2D eigenvalue weighted by molar-refractivity contribution is 5.78. The van der Waals surface area contributed by atoms with Crippen LogP contribution < -0.4 is 0 Å². The zero-order chi connectivity index (χ0) is 14.5. The highest BCUT2D eigenvalue weighted by atomic mass is 16.5. The number of aliphatic carboxylic acids is 1. The highest BCUT2D eigenvalue weighted by Crippen LogP contribution is 2.19. The molecule has 20 heavy (non-hydrogen) atoms. The largest absolute Gasteiger partial charge is 0.481 e. The number of carboxylic acids is 1. The maximum atomic E-state index is 12.0. The van der Waals surface area contributed by atoms with Gasteiger partial charge in [0.05, 0.1) is 12.6 Å². The van der Waals surface area contributed by atoms with E-state index in [1.807, 2.05) is 31.2 Å². The molecule has 0 radical (unpaired) electrons. The van der Waals surface area contributed by atoms with Crippen LogP contribution in [0, 0.1) is 6.92 Å². The Morgan fingerprint density at radius 2 is 2.20 bits per heavy atom. The number of carbonyl (C=O) groups is 2. The lowest BCUT2D eigenvalue weighted by Gasteiger charge is -2.35. The van der Waals surface area contributed by atoms with E-state index in [4.69, 9.17) is 9.84 Å². The summed E-state index contributed by atoms with van der Waals surface area (Å²) in [5.41, 5.74) is 2.21. The van der Waals surface area contributed by atoms with Gasteiger partial charge in [0.25, 0.3) is 0 Å². The second kappa shape index (κ2) is 6.52. The van der Waals surface area contributed by atoms with Gasteiger partial charge < -0.3 is 14.7 Å². The Morgan fingerprint density at radius 3 is 2.90 bits per heavy atom. The summed E-state index contributed by atoms with van der Waals surface area (Å²) >= 11 is 0. The number of carbonyl (C=O) groups excluding carboxylic acids is 1. The van der Waals surface area contributed by atoms with Crippen molar-refractivity contribution < 1.29 is 19.4 Å². The van der Waals surface area contributed by atoms with Crippen molar-refractivity contribution in [3.63, 3.8) is 0 Å². The van der Waals surface area contributed by atoms with Crippen molar-refractivity contribution >= 4 is 11.9 Å². The van der Waals surface area contributed by atoms with Gasteiger partial charge in [-0.15, -0.1) is 0 Å². The molecule has 1 fully saturated rings. The fraction of sp³-hybridized carbons (Fsp3) is 0.467. The molecule has 0 aromatic heterocycles. The van der Waals surface area contributed by atoms with E-state index in [0.717, 1.165) is 11.1 Å². The molecule has 1 aromatic carbocycles. The van der Waals surface area contributed by atoms with Crippen molar-refractivity contribution in [2.45, 2.75) is 32.4 Å². The monoisotopic (exact) mass is 277 g/mol. The molecule has 1 aliphatic rings. The SMILES string of the molecule is Cc1ccccc1CN1C(=O)COCC1CCC(=O)O. The number of ether oxygens (including phenoxy) is 1. The molecule has 1 amide bonds. The summed E-state index contributed by atoms with van der Waals surface area (Å²) in [4.78, 5) is 24.5. The van der Waals surface area contributed by atoms with Gasteiger partial charge in [-0.05, 0) is 24.5 Å². The first-order valence-corrected chi connectivity index (χ1v) is 6.71. The summed E-state index contributed by atoms with van der Waals surface area (Å²) < 4.78 is 5.24. The first-order valence-electron chi connectivity index (χ1n) is 6.71. The molecule has 1 aliphatic heterocycles. The normalized spacial score (nSPS) is 19.1. The number of nitrogens with zero attached hydrogens (tertiary/aromatic N) is 1. The maximum absolute atomic E-state index is 12.0. The predicted molar refractivity (Wildman–Crippen MR) is 73.2 cm³/mol. The number of hydrogen-bond donors (Lipinski definition) is 1. The van der Waals surface area contributed by atoms with Crippen LogP contribution in [-0.2, 0) is 20.9 Å². The summed E-state index contributed by atoms with van der Waals surface area (Å²) in [5.74, 6) is -0.922. The predicted octanol–water partition coefficient (Wildman–Crippen LogP) is 1.59.